The summed E-state index contributed by atoms with van der Waals surface area (Å²) in [6.07, 6.45) is 4.53. The SMILES string of the molecule is CCc1ccc(CC(NN)C2CCCOC2)s1. The third kappa shape index (κ3) is 3.52. The van der Waals surface area contributed by atoms with E-state index in [0.717, 1.165) is 32.5 Å². The van der Waals surface area contributed by atoms with Gasteiger partial charge in [-0.25, -0.2) is 0 Å². The summed E-state index contributed by atoms with van der Waals surface area (Å²) in [5, 5.41) is 0. The molecule has 0 bridgehead atoms. The van der Waals surface area contributed by atoms with Crippen LogP contribution in [-0.2, 0) is 17.6 Å². The molecule has 1 aromatic heterocycles. The first-order chi connectivity index (χ1) is 8.33. The average Bonchev–Trinajstić information content (AvgIpc) is 2.84. The third-order valence-electron chi connectivity index (χ3n) is 3.47. The van der Waals surface area contributed by atoms with Gasteiger partial charge in [-0.05, 0) is 43.7 Å². The van der Waals surface area contributed by atoms with Gasteiger partial charge >= 0.3 is 0 Å². The van der Waals surface area contributed by atoms with Gasteiger partial charge in [0, 0.05) is 22.4 Å². The van der Waals surface area contributed by atoms with E-state index in [1.807, 2.05) is 11.3 Å². The molecule has 0 amide bonds. The van der Waals surface area contributed by atoms with Crippen molar-refractivity contribution in [3.8, 4) is 0 Å². The molecule has 3 N–H and O–H groups in total. The van der Waals surface area contributed by atoms with Crippen LogP contribution in [0.5, 0.6) is 0 Å². The van der Waals surface area contributed by atoms with E-state index in [-0.39, 0.29) is 0 Å². The molecular weight excluding hydrogens is 232 g/mol. The number of aryl methyl sites for hydroxylation is 1. The zero-order valence-electron chi connectivity index (χ0n) is 10.4. The Morgan fingerprint density at radius 3 is 2.94 bits per heavy atom. The molecule has 2 rings (SSSR count). The van der Waals surface area contributed by atoms with Crippen LogP contribution in [0.25, 0.3) is 0 Å². The Morgan fingerprint density at radius 2 is 2.35 bits per heavy atom. The second-order valence-corrected chi connectivity index (χ2v) is 5.93. The zero-order valence-corrected chi connectivity index (χ0v) is 11.3. The van der Waals surface area contributed by atoms with Crippen LogP contribution in [0.15, 0.2) is 12.1 Å². The molecule has 1 saturated heterocycles. The van der Waals surface area contributed by atoms with Gasteiger partial charge in [0.05, 0.1) is 6.61 Å². The van der Waals surface area contributed by atoms with E-state index in [2.05, 4.69) is 24.5 Å². The van der Waals surface area contributed by atoms with Crippen molar-refractivity contribution in [1.82, 2.24) is 5.43 Å². The second-order valence-electron chi connectivity index (χ2n) is 4.68. The number of hydrazine groups is 1. The Morgan fingerprint density at radius 1 is 1.53 bits per heavy atom. The molecule has 0 spiro atoms. The molecule has 1 fully saturated rings. The van der Waals surface area contributed by atoms with Gasteiger partial charge in [0.15, 0.2) is 0 Å². The summed E-state index contributed by atoms with van der Waals surface area (Å²) < 4.78 is 5.54. The van der Waals surface area contributed by atoms with Crippen LogP contribution in [-0.4, -0.2) is 19.3 Å². The first-order valence-electron chi connectivity index (χ1n) is 6.45. The summed E-state index contributed by atoms with van der Waals surface area (Å²) in [5.41, 5.74) is 2.97. The van der Waals surface area contributed by atoms with Crippen LogP contribution in [0.2, 0.25) is 0 Å². The van der Waals surface area contributed by atoms with E-state index in [1.54, 1.807) is 0 Å². The van der Waals surface area contributed by atoms with Crippen LogP contribution in [0, 0.1) is 5.92 Å². The van der Waals surface area contributed by atoms with Gasteiger partial charge in [-0.15, -0.1) is 11.3 Å². The lowest BCUT2D eigenvalue weighted by Crippen LogP contribution is -2.45. The Bertz CT molecular complexity index is 334. The molecule has 1 aliphatic rings. The number of nitrogens with two attached hydrogens (primary N) is 1. The molecule has 96 valence electrons. The van der Waals surface area contributed by atoms with Gasteiger partial charge in [-0.2, -0.15) is 0 Å². The number of hydrogen-bond acceptors (Lipinski definition) is 4. The Hall–Kier alpha value is -0.420. The minimum atomic E-state index is 0.346. The van der Waals surface area contributed by atoms with Crippen molar-refractivity contribution >= 4 is 11.3 Å². The predicted octanol–water partition coefficient (Wildman–Crippen LogP) is 2.11. The average molecular weight is 254 g/mol. The molecule has 2 heterocycles. The Labute approximate surface area is 107 Å². The Kier molecular flexibility index (Phi) is 4.98. The fourth-order valence-electron chi connectivity index (χ4n) is 2.38. The first-order valence-corrected chi connectivity index (χ1v) is 7.26. The standard InChI is InChI=1S/C13H22N2OS/c1-2-11-5-6-12(17-11)8-13(15-14)10-4-3-7-16-9-10/h5-6,10,13,15H,2-4,7-9,14H2,1H3. The van der Waals surface area contributed by atoms with Crippen molar-refractivity contribution in [2.24, 2.45) is 11.8 Å². The molecule has 17 heavy (non-hydrogen) atoms. The van der Waals surface area contributed by atoms with E-state index in [0.29, 0.717) is 12.0 Å². The maximum atomic E-state index is 5.69. The topological polar surface area (TPSA) is 47.3 Å². The summed E-state index contributed by atoms with van der Waals surface area (Å²) in [7, 11) is 0. The highest BCUT2D eigenvalue weighted by molar-refractivity contribution is 7.11. The number of thiophene rings is 1. The van der Waals surface area contributed by atoms with Crippen molar-refractivity contribution in [2.45, 2.75) is 38.6 Å². The van der Waals surface area contributed by atoms with Gasteiger partial charge in [0.25, 0.3) is 0 Å². The fourth-order valence-corrected chi connectivity index (χ4v) is 3.40. The molecular formula is C13H22N2OS. The highest BCUT2D eigenvalue weighted by Crippen LogP contribution is 2.23. The molecule has 0 radical (unpaired) electrons. The zero-order chi connectivity index (χ0) is 12.1. The number of ether oxygens (including phenoxy) is 1. The molecule has 0 aromatic carbocycles. The van der Waals surface area contributed by atoms with E-state index < -0.39 is 0 Å². The lowest BCUT2D eigenvalue weighted by molar-refractivity contribution is 0.0394. The van der Waals surface area contributed by atoms with Crippen molar-refractivity contribution in [3.05, 3.63) is 21.9 Å². The number of rotatable bonds is 5. The lowest BCUT2D eigenvalue weighted by Gasteiger charge is -2.29. The lowest BCUT2D eigenvalue weighted by atomic mass is 9.91. The van der Waals surface area contributed by atoms with Crippen LogP contribution in [0.1, 0.15) is 29.5 Å². The fraction of sp³-hybridized carbons (Fsp3) is 0.692. The minimum absolute atomic E-state index is 0.346. The maximum Gasteiger partial charge on any atom is 0.0509 e. The number of hydrogen-bond donors (Lipinski definition) is 2. The van der Waals surface area contributed by atoms with E-state index in [9.17, 15) is 0 Å². The highest BCUT2D eigenvalue weighted by Gasteiger charge is 2.23. The van der Waals surface area contributed by atoms with E-state index in [1.165, 1.54) is 16.2 Å². The van der Waals surface area contributed by atoms with Gasteiger partial charge in [0.1, 0.15) is 0 Å². The van der Waals surface area contributed by atoms with Gasteiger partial charge in [-0.1, -0.05) is 6.92 Å². The predicted molar refractivity (Wildman–Crippen MR) is 72.1 cm³/mol. The van der Waals surface area contributed by atoms with Crippen LogP contribution in [0.3, 0.4) is 0 Å². The Balaban J connectivity index is 1.93. The third-order valence-corrected chi connectivity index (χ3v) is 4.72. The summed E-state index contributed by atoms with van der Waals surface area (Å²) in [6, 6.07) is 4.81. The molecule has 2 atom stereocenters. The number of nitrogens with one attached hydrogen (secondary N) is 1. The molecule has 1 aromatic rings. The van der Waals surface area contributed by atoms with Gasteiger partial charge in [0.2, 0.25) is 0 Å². The quantitative estimate of drug-likeness (QED) is 0.625. The molecule has 2 unspecified atom stereocenters. The van der Waals surface area contributed by atoms with E-state index in [4.69, 9.17) is 10.6 Å². The summed E-state index contributed by atoms with van der Waals surface area (Å²) in [4.78, 5) is 2.88. The second kappa shape index (κ2) is 6.50. The molecule has 4 heteroatoms. The smallest absolute Gasteiger partial charge is 0.0509 e. The van der Waals surface area contributed by atoms with Gasteiger partial charge < -0.3 is 4.74 Å². The van der Waals surface area contributed by atoms with Crippen molar-refractivity contribution < 1.29 is 4.74 Å². The van der Waals surface area contributed by atoms with Gasteiger partial charge in [-0.3, -0.25) is 11.3 Å². The van der Waals surface area contributed by atoms with Crippen molar-refractivity contribution in [3.63, 3.8) is 0 Å². The molecule has 1 aliphatic heterocycles. The van der Waals surface area contributed by atoms with E-state index >= 15 is 0 Å². The normalized spacial score (nSPS) is 22.6. The molecule has 3 nitrogen and oxygen atoms in total. The summed E-state index contributed by atoms with van der Waals surface area (Å²) in [6.45, 7) is 3.96. The van der Waals surface area contributed by atoms with Crippen LogP contribution < -0.4 is 11.3 Å². The summed E-state index contributed by atoms with van der Waals surface area (Å²) >= 11 is 1.90. The van der Waals surface area contributed by atoms with Crippen molar-refractivity contribution in [1.29, 1.82) is 0 Å². The molecule has 0 aliphatic carbocycles. The van der Waals surface area contributed by atoms with Crippen LogP contribution in [0.4, 0.5) is 0 Å². The van der Waals surface area contributed by atoms with Crippen LogP contribution >= 0.6 is 11.3 Å². The maximum absolute atomic E-state index is 5.69. The first kappa shape index (κ1) is 13.0. The molecule has 0 saturated carbocycles. The largest absolute Gasteiger partial charge is 0.381 e. The highest BCUT2D eigenvalue weighted by atomic mass is 32.1. The summed E-state index contributed by atoms with van der Waals surface area (Å²) in [5.74, 6) is 6.25. The monoisotopic (exact) mass is 254 g/mol. The minimum Gasteiger partial charge on any atom is -0.381 e. The van der Waals surface area contributed by atoms with Crippen molar-refractivity contribution in [2.75, 3.05) is 13.2 Å².